The van der Waals surface area contributed by atoms with Crippen molar-refractivity contribution in [2.75, 3.05) is 13.7 Å². The lowest BCUT2D eigenvalue weighted by Crippen LogP contribution is -2.30. The molecule has 1 aromatic rings. The maximum absolute atomic E-state index is 11.9. The van der Waals surface area contributed by atoms with Gasteiger partial charge in [-0.25, -0.2) is 0 Å². The molecule has 2 N–H and O–H groups in total. The number of carbonyl (C=O) groups is 2. The number of hydrogen-bond donors (Lipinski definition) is 2. The topological polar surface area (TPSA) is 75.6 Å². The van der Waals surface area contributed by atoms with E-state index in [1.807, 2.05) is 31.2 Å². The number of carbonyl (C=O) groups excluding carboxylic acids is 1. The molecule has 0 fully saturated rings. The average Bonchev–Trinajstić information content (AvgIpc) is 2.44. The Labute approximate surface area is 125 Å². The summed E-state index contributed by atoms with van der Waals surface area (Å²) in [4.78, 5) is 22.5. The smallest absolute Gasteiger partial charge is 0.303 e. The molecule has 2 unspecified atom stereocenters. The summed E-state index contributed by atoms with van der Waals surface area (Å²) < 4.78 is 5.29. The van der Waals surface area contributed by atoms with E-state index < -0.39 is 5.97 Å². The summed E-state index contributed by atoms with van der Waals surface area (Å²) in [6, 6.07) is 7.63. The number of carboxylic acids is 1. The number of para-hydroxylation sites is 1. The van der Waals surface area contributed by atoms with Crippen molar-refractivity contribution in [3.63, 3.8) is 0 Å². The molecule has 21 heavy (non-hydrogen) atoms. The van der Waals surface area contributed by atoms with Gasteiger partial charge in [-0.3, -0.25) is 9.59 Å². The zero-order valence-corrected chi connectivity index (χ0v) is 12.8. The lowest BCUT2D eigenvalue weighted by atomic mass is 9.96. The fourth-order valence-electron chi connectivity index (χ4n) is 2.19. The quantitative estimate of drug-likeness (QED) is 0.772. The van der Waals surface area contributed by atoms with Crippen LogP contribution in [0.15, 0.2) is 24.3 Å². The molecule has 1 amide bonds. The largest absolute Gasteiger partial charge is 0.496 e. The molecular weight excluding hydrogens is 270 g/mol. The third-order valence-electron chi connectivity index (χ3n) is 3.33. The molecule has 0 aliphatic rings. The second-order valence-electron chi connectivity index (χ2n) is 5.35. The van der Waals surface area contributed by atoms with Crippen molar-refractivity contribution in [2.24, 2.45) is 5.92 Å². The van der Waals surface area contributed by atoms with Crippen molar-refractivity contribution < 1.29 is 19.4 Å². The fraction of sp³-hybridized carbons (Fsp3) is 0.500. The van der Waals surface area contributed by atoms with Crippen LogP contribution < -0.4 is 10.1 Å². The van der Waals surface area contributed by atoms with Gasteiger partial charge in [0.05, 0.1) is 7.11 Å². The zero-order valence-electron chi connectivity index (χ0n) is 12.8. The van der Waals surface area contributed by atoms with Gasteiger partial charge in [0.15, 0.2) is 0 Å². The summed E-state index contributed by atoms with van der Waals surface area (Å²) in [6.45, 7) is 4.15. The van der Waals surface area contributed by atoms with E-state index in [4.69, 9.17) is 9.84 Å². The highest BCUT2D eigenvalue weighted by Crippen LogP contribution is 2.28. The number of nitrogens with one attached hydrogen (secondary N) is 1. The molecule has 0 saturated carbocycles. The van der Waals surface area contributed by atoms with Crippen LogP contribution in [0.25, 0.3) is 0 Å². The van der Waals surface area contributed by atoms with Gasteiger partial charge in [-0.2, -0.15) is 0 Å². The van der Waals surface area contributed by atoms with E-state index in [-0.39, 0.29) is 24.2 Å². The van der Waals surface area contributed by atoms with Crippen LogP contribution in [0, 0.1) is 5.92 Å². The van der Waals surface area contributed by atoms with Gasteiger partial charge in [0, 0.05) is 19.4 Å². The molecule has 0 aromatic heterocycles. The summed E-state index contributed by atoms with van der Waals surface area (Å²) in [5.74, 6) is -0.189. The third kappa shape index (κ3) is 5.85. The fourth-order valence-corrected chi connectivity index (χ4v) is 2.19. The van der Waals surface area contributed by atoms with E-state index in [2.05, 4.69) is 5.32 Å². The van der Waals surface area contributed by atoms with E-state index in [0.29, 0.717) is 13.0 Å². The molecule has 0 aliphatic heterocycles. The number of rotatable bonds is 8. The van der Waals surface area contributed by atoms with Gasteiger partial charge in [0.2, 0.25) is 5.91 Å². The normalized spacial score (nSPS) is 13.3. The number of benzene rings is 1. The van der Waals surface area contributed by atoms with Gasteiger partial charge in [-0.15, -0.1) is 0 Å². The molecular formula is C16H23NO4. The minimum absolute atomic E-state index is 0.0379. The Morgan fingerprint density at radius 2 is 1.90 bits per heavy atom. The zero-order chi connectivity index (χ0) is 15.8. The van der Waals surface area contributed by atoms with Crippen molar-refractivity contribution >= 4 is 11.9 Å². The van der Waals surface area contributed by atoms with Crippen molar-refractivity contribution in [1.29, 1.82) is 0 Å². The second kappa shape index (κ2) is 8.29. The first-order valence-electron chi connectivity index (χ1n) is 7.05. The average molecular weight is 293 g/mol. The lowest BCUT2D eigenvalue weighted by molar-refractivity contribution is -0.138. The number of ether oxygens (including phenoxy) is 1. The van der Waals surface area contributed by atoms with Crippen LogP contribution in [0.4, 0.5) is 0 Å². The second-order valence-corrected chi connectivity index (χ2v) is 5.35. The first-order chi connectivity index (χ1) is 9.93. The SMILES string of the molecule is COc1ccccc1C(C)CC(=O)NCC(C)CC(=O)O. The monoisotopic (exact) mass is 293 g/mol. The number of amides is 1. The molecule has 0 spiro atoms. The highest BCUT2D eigenvalue weighted by Gasteiger charge is 2.16. The molecule has 0 heterocycles. The summed E-state index contributed by atoms with van der Waals surface area (Å²) in [7, 11) is 1.61. The van der Waals surface area contributed by atoms with Crippen LogP contribution in [0.3, 0.4) is 0 Å². The molecule has 1 aromatic carbocycles. The van der Waals surface area contributed by atoms with Gasteiger partial charge >= 0.3 is 5.97 Å². The van der Waals surface area contributed by atoms with Crippen LogP contribution in [0.2, 0.25) is 0 Å². The Hall–Kier alpha value is -2.04. The highest BCUT2D eigenvalue weighted by molar-refractivity contribution is 5.77. The van der Waals surface area contributed by atoms with Crippen LogP contribution >= 0.6 is 0 Å². The van der Waals surface area contributed by atoms with E-state index in [1.54, 1.807) is 14.0 Å². The van der Waals surface area contributed by atoms with Crippen LogP contribution in [-0.4, -0.2) is 30.6 Å². The van der Waals surface area contributed by atoms with E-state index >= 15 is 0 Å². The maximum Gasteiger partial charge on any atom is 0.303 e. The molecule has 0 radical (unpaired) electrons. The van der Waals surface area contributed by atoms with Crippen molar-refractivity contribution in [3.8, 4) is 5.75 Å². The number of carboxylic acid groups (broad SMARTS) is 1. The number of hydrogen-bond acceptors (Lipinski definition) is 3. The highest BCUT2D eigenvalue weighted by atomic mass is 16.5. The first kappa shape index (κ1) is 17.0. The predicted molar refractivity (Wildman–Crippen MR) is 80.5 cm³/mol. The van der Waals surface area contributed by atoms with Gasteiger partial charge < -0.3 is 15.2 Å². The molecule has 5 nitrogen and oxygen atoms in total. The van der Waals surface area contributed by atoms with Crippen LogP contribution in [-0.2, 0) is 9.59 Å². The first-order valence-corrected chi connectivity index (χ1v) is 7.05. The maximum atomic E-state index is 11.9. The molecule has 5 heteroatoms. The van der Waals surface area contributed by atoms with Gasteiger partial charge in [0.1, 0.15) is 5.75 Å². The summed E-state index contributed by atoms with van der Waals surface area (Å²) in [6.07, 6.45) is 0.405. The van der Waals surface area contributed by atoms with Crippen LogP contribution in [0.1, 0.15) is 38.2 Å². The Balaban J connectivity index is 2.49. The Morgan fingerprint density at radius 3 is 2.52 bits per heavy atom. The molecule has 0 saturated heterocycles. The Kier molecular flexibility index (Phi) is 6.72. The molecule has 116 valence electrons. The standard InChI is InChI=1S/C16H23NO4/c1-11(8-16(19)20)10-17-15(18)9-12(2)13-6-4-5-7-14(13)21-3/h4-7,11-12H,8-10H2,1-3H3,(H,17,18)(H,19,20). The predicted octanol–water partition coefficient (Wildman–Crippen LogP) is 2.42. The number of methoxy groups -OCH3 is 1. The van der Waals surface area contributed by atoms with E-state index in [1.165, 1.54) is 0 Å². The summed E-state index contributed by atoms with van der Waals surface area (Å²) in [5, 5.41) is 11.5. The van der Waals surface area contributed by atoms with Crippen LogP contribution in [0.5, 0.6) is 5.75 Å². The molecule has 0 bridgehead atoms. The molecule has 2 atom stereocenters. The van der Waals surface area contributed by atoms with Gasteiger partial charge in [0.25, 0.3) is 0 Å². The summed E-state index contributed by atoms with van der Waals surface area (Å²) >= 11 is 0. The van der Waals surface area contributed by atoms with E-state index in [9.17, 15) is 9.59 Å². The lowest BCUT2D eigenvalue weighted by Gasteiger charge is -2.16. The molecule has 0 aliphatic carbocycles. The van der Waals surface area contributed by atoms with Crippen molar-refractivity contribution in [1.82, 2.24) is 5.32 Å². The summed E-state index contributed by atoms with van der Waals surface area (Å²) in [5.41, 5.74) is 0.994. The van der Waals surface area contributed by atoms with E-state index in [0.717, 1.165) is 11.3 Å². The number of aliphatic carboxylic acids is 1. The van der Waals surface area contributed by atoms with Gasteiger partial charge in [-0.1, -0.05) is 32.0 Å². The minimum Gasteiger partial charge on any atom is -0.496 e. The van der Waals surface area contributed by atoms with Gasteiger partial charge in [-0.05, 0) is 23.5 Å². The minimum atomic E-state index is -0.848. The third-order valence-corrected chi connectivity index (χ3v) is 3.33. The van der Waals surface area contributed by atoms with Crippen molar-refractivity contribution in [3.05, 3.63) is 29.8 Å². The Morgan fingerprint density at radius 1 is 1.24 bits per heavy atom. The Bertz CT molecular complexity index is 487. The molecule has 1 rings (SSSR count). The van der Waals surface area contributed by atoms with Crippen molar-refractivity contribution in [2.45, 2.75) is 32.6 Å².